The van der Waals surface area contributed by atoms with Crippen LogP contribution in [-0.4, -0.2) is 50.2 Å². The number of rotatable bonds is 9. The number of likely N-dealkylation sites (N-methyl/N-ethyl adjacent to an activating group) is 1. The van der Waals surface area contributed by atoms with Gasteiger partial charge >= 0.3 is 0 Å². The van der Waals surface area contributed by atoms with Crippen molar-refractivity contribution >= 4 is 5.91 Å². The second-order valence-electron chi connectivity index (χ2n) is 6.05. The zero-order valence-corrected chi connectivity index (χ0v) is 14.3. The molecule has 0 saturated carbocycles. The summed E-state index contributed by atoms with van der Waals surface area (Å²) in [5.74, 6) is 1.64. The van der Waals surface area contributed by atoms with Crippen LogP contribution in [0.3, 0.4) is 0 Å². The third kappa shape index (κ3) is 6.80. The minimum Gasteiger partial charge on any atom is -0.497 e. The normalized spacial score (nSPS) is 11.4. The molecule has 0 aromatic heterocycles. The highest BCUT2D eigenvalue weighted by atomic mass is 16.5. The fourth-order valence-corrected chi connectivity index (χ4v) is 1.82. The van der Waals surface area contributed by atoms with Crippen molar-refractivity contribution in [2.75, 3.05) is 33.9 Å². The molecule has 1 aromatic carbocycles. The molecular formula is C17H28N2O3. The van der Waals surface area contributed by atoms with Gasteiger partial charge in [-0.05, 0) is 51.6 Å². The highest BCUT2D eigenvalue weighted by Gasteiger charge is 2.18. The molecule has 0 aliphatic carbocycles. The van der Waals surface area contributed by atoms with E-state index >= 15 is 0 Å². The van der Waals surface area contributed by atoms with Gasteiger partial charge in [-0.1, -0.05) is 6.92 Å². The van der Waals surface area contributed by atoms with E-state index in [0.717, 1.165) is 17.9 Å². The molecule has 0 aliphatic rings. The highest BCUT2D eigenvalue weighted by Crippen LogP contribution is 2.16. The first-order valence-electron chi connectivity index (χ1n) is 7.62. The van der Waals surface area contributed by atoms with E-state index in [-0.39, 0.29) is 11.4 Å². The number of ether oxygens (including phenoxy) is 2. The zero-order chi connectivity index (χ0) is 16.6. The Hall–Kier alpha value is -1.75. The van der Waals surface area contributed by atoms with E-state index in [1.165, 1.54) is 0 Å². The third-order valence-electron chi connectivity index (χ3n) is 3.58. The van der Waals surface area contributed by atoms with Crippen molar-refractivity contribution in [3.8, 4) is 11.5 Å². The van der Waals surface area contributed by atoms with Gasteiger partial charge in [0.1, 0.15) is 18.1 Å². The van der Waals surface area contributed by atoms with Crippen LogP contribution in [0, 0.1) is 0 Å². The first-order valence-corrected chi connectivity index (χ1v) is 7.62. The summed E-state index contributed by atoms with van der Waals surface area (Å²) in [5, 5.41) is 3.02. The standard InChI is InChI=1S/C17H28N2O3/c1-6-17(2,3)18-16(20)13-19(4)11-12-22-15-9-7-14(21-5)8-10-15/h7-10H,6,11-13H2,1-5H3,(H,18,20). The number of carbonyl (C=O) groups excluding carboxylic acids is 1. The number of nitrogens with zero attached hydrogens (tertiary/aromatic N) is 1. The molecule has 0 aliphatic heterocycles. The summed E-state index contributed by atoms with van der Waals surface area (Å²) in [4.78, 5) is 13.9. The van der Waals surface area contributed by atoms with Gasteiger partial charge in [-0.3, -0.25) is 9.69 Å². The number of amides is 1. The summed E-state index contributed by atoms with van der Waals surface area (Å²) in [6.07, 6.45) is 0.906. The van der Waals surface area contributed by atoms with Crippen molar-refractivity contribution in [2.24, 2.45) is 0 Å². The van der Waals surface area contributed by atoms with E-state index < -0.39 is 0 Å². The summed E-state index contributed by atoms with van der Waals surface area (Å²) in [6.45, 7) is 7.71. The number of benzene rings is 1. The summed E-state index contributed by atoms with van der Waals surface area (Å²) in [5.41, 5.74) is -0.155. The first kappa shape index (κ1) is 18.3. The Morgan fingerprint density at radius 3 is 2.36 bits per heavy atom. The van der Waals surface area contributed by atoms with Crippen LogP contribution in [0.5, 0.6) is 11.5 Å². The molecule has 0 radical (unpaired) electrons. The van der Waals surface area contributed by atoms with Crippen LogP contribution < -0.4 is 14.8 Å². The Bertz CT molecular complexity index is 457. The average Bonchev–Trinajstić information content (AvgIpc) is 2.47. The predicted molar refractivity (Wildman–Crippen MR) is 88.5 cm³/mol. The van der Waals surface area contributed by atoms with Crippen LogP contribution in [-0.2, 0) is 4.79 Å². The molecular weight excluding hydrogens is 280 g/mol. The maximum atomic E-state index is 11.9. The van der Waals surface area contributed by atoms with Crippen LogP contribution in [0.25, 0.3) is 0 Å². The van der Waals surface area contributed by atoms with Gasteiger partial charge in [0.15, 0.2) is 0 Å². The van der Waals surface area contributed by atoms with Crippen LogP contribution in [0.4, 0.5) is 0 Å². The molecule has 22 heavy (non-hydrogen) atoms. The van der Waals surface area contributed by atoms with Gasteiger partial charge in [0.25, 0.3) is 0 Å². The van der Waals surface area contributed by atoms with E-state index in [2.05, 4.69) is 12.2 Å². The third-order valence-corrected chi connectivity index (χ3v) is 3.58. The molecule has 0 bridgehead atoms. The van der Waals surface area contributed by atoms with Gasteiger partial charge in [-0.25, -0.2) is 0 Å². The molecule has 0 heterocycles. The Labute approximate surface area is 133 Å². The largest absolute Gasteiger partial charge is 0.497 e. The van der Waals surface area contributed by atoms with E-state index in [1.54, 1.807) is 7.11 Å². The van der Waals surface area contributed by atoms with Crippen molar-refractivity contribution in [1.82, 2.24) is 10.2 Å². The molecule has 1 N–H and O–H groups in total. The van der Waals surface area contributed by atoms with Gasteiger partial charge in [-0.15, -0.1) is 0 Å². The highest BCUT2D eigenvalue weighted by molar-refractivity contribution is 5.78. The molecule has 0 atom stereocenters. The Kier molecular flexibility index (Phi) is 7.18. The van der Waals surface area contributed by atoms with Gasteiger partial charge in [-0.2, -0.15) is 0 Å². The van der Waals surface area contributed by atoms with Crippen LogP contribution in [0.1, 0.15) is 27.2 Å². The second-order valence-corrected chi connectivity index (χ2v) is 6.05. The number of nitrogens with one attached hydrogen (secondary N) is 1. The first-order chi connectivity index (χ1) is 10.4. The maximum absolute atomic E-state index is 11.9. The smallest absolute Gasteiger partial charge is 0.234 e. The lowest BCUT2D eigenvalue weighted by atomic mass is 10.0. The molecule has 124 valence electrons. The van der Waals surface area contributed by atoms with Gasteiger partial charge in [0, 0.05) is 12.1 Å². The van der Waals surface area contributed by atoms with Gasteiger partial charge < -0.3 is 14.8 Å². The summed E-state index contributed by atoms with van der Waals surface area (Å²) < 4.78 is 10.7. The lowest BCUT2D eigenvalue weighted by molar-refractivity contribution is -0.123. The number of carbonyl (C=O) groups is 1. The minimum atomic E-state index is -0.155. The quantitative estimate of drug-likeness (QED) is 0.760. The molecule has 1 amide bonds. The van der Waals surface area contributed by atoms with Crippen molar-refractivity contribution in [3.63, 3.8) is 0 Å². The minimum absolute atomic E-state index is 0.0406. The lowest BCUT2D eigenvalue weighted by Gasteiger charge is -2.26. The molecule has 0 spiro atoms. The topological polar surface area (TPSA) is 50.8 Å². The Balaban J connectivity index is 2.27. The van der Waals surface area contributed by atoms with E-state index in [1.807, 2.05) is 50.1 Å². The maximum Gasteiger partial charge on any atom is 0.234 e. The molecule has 5 nitrogen and oxygen atoms in total. The summed E-state index contributed by atoms with van der Waals surface area (Å²) in [7, 11) is 3.55. The van der Waals surface area contributed by atoms with E-state index in [9.17, 15) is 4.79 Å². The average molecular weight is 308 g/mol. The molecule has 0 fully saturated rings. The SMILES string of the molecule is CCC(C)(C)NC(=O)CN(C)CCOc1ccc(OC)cc1. The van der Waals surface area contributed by atoms with Crippen molar-refractivity contribution in [3.05, 3.63) is 24.3 Å². The van der Waals surface area contributed by atoms with E-state index in [0.29, 0.717) is 19.7 Å². The van der Waals surface area contributed by atoms with Crippen LogP contribution in [0.15, 0.2) is 24.3 Å². The molecule has 1 aromatic rings. The number of hydrogen-bond donors (Lipinski definition) is 1. The Morgan fingerprint density at radius 1 is 1.23 bits per heavy atom. The molecule has 1 rings (SSSR count). The van der Waals surface area contributed by atoms with Crippen molar-refractivity contribution < 1.29 is 14.3 Å². The zero-order valence-electron chi connectivity index (χ0n) is 14.3. The summed E-state index contributed by atoms with van der Waals surface area (Å²) >= 11 is 0. The monoisotopic (exact) mass is 308 g/mol. The fraction of sp³-hybridized carbons (Fsp3) is 0.588. The molecule has 5 heteroatoms. The van der Waals surface area contributed by atoms with Gasteiger partial charge in [0.05, 0.1) is 13.7 Å². The lowest BCUT2D eigenvalue weighted by Crippen LogP contribution is -2.47. The molecule has 0 saturated heterocycles. The van der Waals surface area contributed by atoms with Crippen LogP contribution in [0.2, 0.25) is 0 Å². The number of hydrogen-bond acceptors (Lipinski definition) is 4. The fourth-order valence-electron chi connectivity index (χ4n) is 1.82. The van der Waals surface area contributed by atoms with E-state index in [4.69, 9.17) is 9.47 Å². The van der Waals surface area contributed by atoms with Crippen molar-refractivity contribution in [1.29, 1.82) is 0 Å². The Morgan fingerprint density at radius 2 is 1.82 bits per heavy atom. The van der Waals surface area contributed by atoms with Crippen molar-refractivity contribution in [2.45, 2.75) is 32.7 Å². The second kappa shape index (κ2) is 8.63. The van der Waals surface area contributed by atoms with Gasteiger partial charge in [0.2, 0.25) is 5.91 Å². The van der Waals surface area contributed by atoms with Crippen LogP contribution >= 0.6 is 0 Å². The predicted octanol–water partition coefficient (Wildman–Crippen LogP) is 2.31. The summed E-state index contributed by atoms with van der Waals surface area (Å²) in [6, 6.07) is 7.46. The number of methoxy groups -OCH3 is 1. The molecule has 0 unspecified atom stereocenters.